The van der Waals surface area contributed by atoms with Crippen molar-refractivity contribution in [3.8, 4) is 0 Å². The molecule has 19 heavy (non-hydrogen) atoms. The van der Waals surface area contributed by atoms with E-state index in [2.05, 4.69) is 4.74 Å². The summed E-state index contributed by atoms with van der Waals surface area (Å²) in [5.41, 5.74) is 2.36. The molecule has 0 bridgehead atoms. The summed E-state index contributed by atoms with van der Waals surface area (Å²) < 4.78 is 4.65. The Morgan fingerprint density at radius 1 is 1.32 bits per heavy atom. The van der Waals surface area contributed by atoms with Crippen molar-refractivity contribution in [1.29, 1.82) is 0 Å². The van der Waals surface area contributed by atoms with Crippen LogP contribution in [0.2, 0.25) is 0 Å². The van der Waals surface area contributed by atoms with Gasteiger partial charge in [-0.3, -0.25) is 4.79 Å². The standard InChI is InChI=1S/C16H18O3/c1-11-4-3-5-14(15(11)17)10-12-6-8-13(9-7-12)16(18)19-2/h6-11H,3-5H2,1-2H3/b14-10+/t11-/m0/s1. The molecule has 1 aromatic rings. The Morgan fingerprint density at radius 2 is 2.00 bits per heavy atom. The molecule has 0 heterocycles. The Morgan fingerprint density at radius 3 is 2.63 bits per heavy atom. The van der Waals surface area contributed by atoms with Crippen molar-refractivity contribution in [2.24, 2.45) is 5.92 Å². The molecule has 2 rings (SSSR count). The van der Waals surface area contributed by atoms with E-state index in [1.165, 1.54) is 7.11 Å². The number of benzene rings is 1. The summed E-state index contributed by atoms with van der Waals surface area (Å²) in [7, 11) is 1.36. The zero-order valence-corrected chi connectivity index (χ0v) is 11.3. The monoisotopic (exact) mass is 258 g/mol. The highest BCUT2D eigenvalue weighted by Gasteiger charge is 2.22. The number of allylic oxidation sites excluding steroid dienone is 1. The number of hydrogen-bond donors (Lipinski definition) is 0. The van der Waals surface area contributed by atoms with Gasteiger partial charge in [0, 0.05) is 5.92 Å². The van der Waals surface area contributed by atoms with Crippen LogP contribution in [0.4, 0.5) is 0 Å². The third-order valence-electron chi connectivity index (χ3n) is 3.52. The SMILES string of the molecule is COC(=O)c1ccc(/C=C2\CCC[C@H](C)C2=O)cc1. The van der Waals surface area contributed by atoms with E-state index in [1.807, 2.05) is 25.1 Å². The van der Waals surface area contributed by atoms with Crippen molar-refractivity contribution in [1.82, 2.24) is 0 Å². The van der Waals surface area contributed by atoms with Crippen LogP contribution in [0.15, 0.2) is 29.8 Å². The Labute approximate surface area is 113 Å². The van der Waals surface area contributed by atoms with Crippen molar-refractivity contribution in [2.75, 3.05) is 7.11 Å². The fourth-order valence-electron chi connectivity index (χ4n) is 2.35. The second-order valence-electron chi connectivity index (χ2n) is 4.94. The van der Waals surface area contributed by atoms with Crippen molar-refractivity contribution < 1.29 is 14.3 Å². The van der Waals surface area contributed by atoms with Gasteiger partial charge >= 0.3 is 5.97 Å². The quantitative estimate of drug-likeness (QED) is 0.604. The first kappa shape index (κ1) is 13.5. The van der Waals surface area contributed by atoms with Crippen LogP contribution in [0.25, 0.3) is 6.08 Å². The first-order chi connectivity index (χ1) is 9.11. The zero-order chi connectivity index (χ0) is 13.8. The maximum Gasteiger partial charge on any atom is 0.337 e. The summed E-state index contributed by atoms with van der Waals surface area (Å²) in [4.78, 5) is 23.3. The van der Waals surface area contributed by atoms with Crippen LogP contribution in [-0.2, 0) is 9.53 Å². The summed E-state index contributed by atoms with van der Waals surface area (Å²) in [5.74, 6) is 0.0409. The highest BCUT2D eigenvalue weighted by atomic mass is 16.5. The molecule has 0 aromatic heterocycles. The highest BCUT2D eigenvalue weighted by Crippen LogP contribution is 2.26. The van der Waals surface area contributed by atoms with Gasteiger partial charge in [0.05, 0.1) is 12.7 Å². The first-order valence-corrected chi connectivity index (χ1v) is 6.55. The van der Waals surface area contributed by atoms with E-state index in [1.54, 1.807) is 12.1 Å². The van der Waals surface area contributed by atoms with Crippen LogP contribution in [0, 0.1) is 5.92 Å². The smallest absolute Gasteiger partial charge is 0.337 e. The molecular formula is C16H18O3. The Kier molecular flexibility index (Phi) is 4.15. The van der Waals surface area contributed by atoms with Gasteiger partial charge in [-0.2, -0.15) is 0 Å². The number of carbonyl (C=O) groups is 2. The van der Waals surface area contributed by atoms with Crippen LogP contribution in [0.5, 0.6) is 0 Å². The van der Waals surface area contributed by atoms with E-state index < -0.39 is 0 Å². The molecule has 1 aliphatic carbocycles. The summed E-state index contributed by atoms with van der Waals surface area (Å²) in [6.07, 6.45) is 4.83. The average molecular weight is 258 g/mol. The molecule has 3 nitrogen and oxygen atoms in total. The van der Waals surface area contributed by atoms with Crippen molar-refractivity contribution in [2.45, 2.75) is 26.2 Å². The fraction of sp³-hybridized carbons (Fsp3) is 0.375. The molecule has 1 atom stereocenters. The van der Waals surface area contributed by atoms with E-state index in [0.29, 0.717) is 5.56 Å². The third-order valence-corrected chi connectivity index (χ3v) is 3.52. The molecule has 1 saturated carbocycles. The van der Waals surface area contributed by atoms with Crippen LogP contribution in [0.3, 0.4) is 0 Å². The summed E-state index contributed by atoms with van der Waals surface area (Å²) in [5, 5.41) is 0. The highest BCUT2D eigenvalue weighted by molar-refractivity contribution is 6.01. The minimum absolute atomic E-state index is 0.134. The maximum absolute atomic E-state index is 12.0. The van der Waals surface area contributed by atoms with Gasteiger partial charge in [0.1, 0.15) is 0 Å². The molecule has 0 saturated heterocycles. The molecule has 1 fully saturated rings. The summed E-state index contributed by atoms with van der Waals surface area (Å²) in [6, 6.07) is 7.11. The second kappa shape index (κ2) is 5.83. The van der Waals surface area contributed by atoms with Gasteiger partial charge in [-0.05, 0) is 48.6 Å². The Balaban J connectivity index is 2.19. The average Bonchev–Trinajstić information content (AvgIpc) is 2.44. The van der Waals surface area contributed by atoms with Crippen molar-refractivity contribution >= 4 is 17.8 Å². The number of ether oxygens (including phenoxy) is 1. The topological polar surface area (TPSA) is 43.4 Å². The van der Waals surface area contributed by atoms with Crippen LogP contribution >= 0.6 is 0 Å². The van der Waals surface area contributed by atoms with E-state index in [9.17, 15) is 9.59 Å². The molecule has 0 amide bonds. The van der Waals surface area contributed by atoms with Crippen LogP contribution in [0.1, 0.15) is 42.1 Å². The molecular weight excluding hydrogens is 240 g/mol. The van der Waals surface area contributed by atoms with Gasteiger partial charge in [0.25, 0.3) is 0 Å². The Hall–Kier alpha value is -1.90. The predicted molar refractivity (Wildman–Crippen MR) is 73.8 cm³/mol. The molecule has 1 aliphatic rings. The lowest BCUT2D eigenvalue weighted by molar-refractivity contribution is -0.119. The third kappa shape index (κ3) is 3.11. The minimum Gasteiger partial charge on any atom is -0.465 e. The molecule has 0 radical (unpaired) electrons. The number of rotatable bonds is 2. The zero-order valence-electron chi connectivity index (χ0n) is 11.3. The number of carbonyl (C=O) groups excluding carboxylic acids is 2. The van der Waals surface area contributed by atoms with Gasteiger partial charge in [0.15, 0.2) is 5.78 Å². The summed E-state index contributed by atoms with van der Waals surface area (Å²) in [6.45, 7) is 1.98. The lowest BCUT2D eigenvalue weighted by atomic mass is 9.84. The van der Waals surface area contributed by atoms with E-state index >= 15 is 0 Å². The van der Waals surface area contributed by atoms with Crippen LogP contribution in [-0.4, -0.2) is 18.9 Å². The fourth-order valence-corrected chi connectivity index (χ4v) is 2.35. The molecule has 0 N–H and O–H groups in total. The van der Waals surface area contributed by atoms with Gasteiger partial charge in [-0.25, -0.2) is 4.79 Å². The number of hydrogen-bond acceptors (Lipinski definition) is 3. The van der Waals surface area contributed by atoms with Crippen molar-refractivity contribution in [3.05, 3.63) is 41.0 Å². The molecule has 0 aliphatic heterocycles. The van der Waals surface area contributed by atoms with E-state index in [0.717, 1.165) is 30.4 Å². The molecule has 100 valence electrons. The van der Waals surface area contributed by atoms with Gasteiger partial charge < -0.3 is 4.74 Å². The molecule has 0 unspecified atom stereocenters. The Bertz CT molecular complexity index is 511. The number of methoxy groups -OCH3 is 1. The second-order valence-corrected chi connectivity index (χ2v) is 4.94. The number of Topliss-reactive ketones (excluding diaryl/α,β-unsaturated/α-hetero) is 1. The number of ketones is 1. The summed E-state index contributed by atoms with van der Waals surface area (Å²) >= 11 is 0. The lowest BCUT2D eigenvalue weighted by Gasteiger charge is -2.19. The number of esters is 1. The minimum atomic E-state index is -0.346. The molecule has 1 aromatic carbocycles. The predicted octanol–water partition coefficient (Wildman–Crippen LogP) is 3.25. The largest absolute Gasteiger partial charge is 0.465 e. The van der Waals surface area contributed by atoms with Crippen molar-refractivity contribution in [3.63, 3.8) is 0 Å². The molecule has 0 spiro atoms. The normalized spacial score (nSPS) is 21.5. The lowest BCUT2D eigenvalue weighted by Crippen LogP contribution is -2.18. The first-order valence-electron chi connectivity index (χ1n) is 6.55. The van der Waals surface area contributed by atoms with Gasteiger partial charge in [0.2, 0.25) is 0 Å². The van der Waals surface area contributed by atoms with E-state index in [4.69, 9.17) is 0 Å². The van der Waals surface area contributed by atoms with Gasteiger partial charge in [-0.15, -0.1) is 0 Å². The van der Waals surface area contributed by atoms with Crippen LogP contribution < -0.4 is 0 Å². The van der Waals surface area contributed by atoms with E-state index in [-0.39, 0.29) is 17.7 Å². The molecule has 3 heteroatoms. The van der Waals surface area contributed by atoms with Gasteiger partial charge in [-0.1, -0.05) is 19.1 Å². The maximum atomic E-state index is 12.0.